The van der Waals surface area contributed by atoms with Gasteiger partial charge in [-0.05, 0) is 36.7 Å². The SMILES string of the molecule is [2H]c1c([2H])c([2H])c(C(=O)N[C@@H](Cc2ccc(O)cc2)C(=O)N[C@@H](C)C(=O)O)c([2H])c1[2H]. The predicted octanol–water partition coefficient (Wildman–Crippen LogP) is 1.32. The van der Waals surface area contributed by atoms with Crippen molar-refractivity contribution in [3.63, 3.8) is 0 Å². The zero-order chi connectivity index (χ0) is 23.5. The van der Waals surface area contributed by atoms with Gasteiger partial charge in [-0.3, -0.25) is 14.4 Å². The van der Waals surface area contributed by atoms with Gasteiger partial charge in [0.15, 0.2) is 0 Å². The molecule has 0 aliphatic rings. The van der Waals surface area contributed by atoms with Crippen molar-refractivity contribution in [3.8, 4) is 5.75 Å². The van der Waals surface area contributed by atoms with Gasteiger partial charge in [0.1, 0.15) is 17.8 Å². The maximum Gasteiger partial charge on any atom is 0.325 e. The third-order valence-corrected chi connectivity index (χ3v) is 3.45. The van der Waals surface area contributed by atoms with E-state index in [2.05, 4.69) is 10.6 Å². The van der Waals surface area contributed by atoms with Gasteiger partial charge in [0.2, 0.25) is 5.91 Å². The number of phenolic OH excluding ortho intramolecular Hbond substituents is 1. The number of benzene rings is 2. The second-order valence-electron chi connectivity index (χ2n) is 5.47. The van der Waals surface area contributed by atoms with Gasteiger partial charge in [-0.2, -0.15) is 0 Å². The van der Waals surface area contributed by atoms with Gasteiger partial charge in [-0.1, -0.05) is 30.3 Å². The molecule has 26 heavy (non-hydrogen) atoms. The minimum atomic E-state index is -1.32. The van der Waals surface area contributed by atoms with Crippen LogP contribution in [0.1, 0.15) is 29.7 Å². The fourth-order valence-corrected chi connectivity index (χ4v) is 2.05. The Bertz CT molecular complexity index is 1000. The van der Waals surface area contributed by atoms with Crippen LogP contribution in [0.15, 0.2) is 54.5 Å². The highest BCUT2D eigenvalue weighted by molar-refractivity contribution is 5.98. The summed E-state index contributed by atoms with van der Waals surface area (Å²) in [6, 6.07) is -0.403. The van der Waals surface area contributed by atoms with Gasteiger partial charge in [-0.15, -0.1) is 0 Å². The molecule has 7 heteroatoms. The summed E-state index contributed by atoms with van der Waals surface area (Å²) in [6.45, 7) is 1.23. The van der Waals surface area contributed by atoms with E-state index >= 15 is 0 Å². The molecule has 0 aliphatic heterocycles. The van der Waals surface area contributed by atoms with Crippen molar-refractivity contribution >= 4 is 17.8 Å². The van der Waals surface area contributed by atoms with Gasteiger partial charge in [0.05, 0.1) is 6.85 Å². The molecule has 2 rings (SSSR count). The lowest BCUT2D eigenvalue weighted by Gasteiger charge is -2.20. The molecule has 0 saturated carbocycles. The Balaban J connectivity index is 2.38. The Morgan fingerprint density at radius 3 is 2.27 bits per heavy atom. The molecule has 2 aromatic carbocycles. The second-order valence-corrected chi connectivity index (χ2v) is 5.47. The van der Waals surface area contributed by atoms with E-state index in [1.807, 2.05) is 0 Å². The summed E-state index contributed by atoms with van der Waals surface area (Å²) in [5.74, 6) is -3.25. The highest BCUT2D eigenvalue weighted by Crippen LogP contribution is 2.12. The Kier molecular flexibility index (Phi) is 4.31. The summed E-state index contributed by atoms with van der Waals surface area (Å²) < 4.78 is 38.7. The molecule has 136 valence electrons. The minimum absolute atomic E-state index is 0.0209. The molecule has 0 aliphatic carbocycles. The van der Waals surface area contributed by atoms with Gasteiger partial charge in [0, 0.05) is 12.0 Å². The maximum absolute atomic E-state index is 12.8. The molecular formula is C19H20N2O5. The Morgan fingerprint density at radius 2 is 1.69 bits per heavy atom. The highest BCUT2D eigenvalue weighted by Gasteiger charge is 2.25. The quantitative estimate of drug-likeness (QED) is 0.594. The molecule has 0 unspecified atom stereocenters. The number of carboxylic acids is 1. The van der Waals surface area contributed by atoms with Crippen LogP contribution in [-0.4, -0.2) is 40.1 Å². The molecule has 2 aromatic rings. The van der Waals surface area contributed by atoms with Crippen LogP contribution in [0.5, 0.6) is 5.75 Å². The van der Waals surface area contributed by atoms with Crippen LogP contribution in [-0.2, 0) is 16.0 Å². The van der Waals surface area contributed by atoms with Crippen molar-refractivity contribution in [3.05, 3.63) is 65.6 Å². The highest BCUT2D eigenvalue weighted by atomic mass is 16.4. The first kappa shape index (κ1) is 12.9. The van der Waals surface area contributed by atoms with Crippen molar-refractivity contribution in [1.82, 2.24) is 10.6 Å². The molecular weight excluding hydrogens is 336 g/mol. The van der Waals surface area contributed by atoms with Crippen molar-refractivity contribution in [2.75, 3.05) is 0 Å². The van der Waals surface area contributed by atoms with E-state index in [-0.39, 0.29) is 12.2 Å². The number of phenols is 1. The molecule has 4 N–H and O–H groups in total. The second kappa shape index (κ2) is 8.66. The summed E-state index contributed by atoms with van der Waals surface area (Å²) in [4.78, 5) is 36.4. The van der Waals surface area contributed by atoms with Crippen molar-refractivity contribution < 1.29 is 31.5 Å². The average Bonchev–Trinajstić information content (AvgIpc) is 2.71. The number of carboxylic acid groups (broad SMARTS) is 1. The average molecular weight is 361 g/mol. The third-order valence-electron chi connectivity index (χ3n) is 3.45. The first-order valence-corrected chi connectivity index (χ1v) is 7.62. The van der Waals surface area contributed by atoms with E-state index in [1.165, 1.54) is 31.2 Å². The number of hydrogen-bond donors (Lipinski definition) is 4. The van der Waals surface area contributed by atoms with Crippen molar-refractivity contribution in [2.24, 2.45) is 0 Å². The predicted molar refractivity (Wildman–Crippen MR) is 94.7 cm³/mol. The fourth-order valence-electron chi connectivity index (χ4n) is 2.05. The molecule has 0 fully saturated rings. The molecule has 0 saturated heterocycles. The standard InChI is InChI=1S/C19H20N2O5/c1-12(19(25)26)20-18(24)16(11-13-7-9-15(22)10-8-13)21-17(23)14-5-3-2-4-6-14/h2-10,12,16,22H,11H2,1H3,(H,20,24)(H,21,23)(H,25,26)/t12-,16-/m0/s1/i2D,3D,4D,5D,6D. The monoisotopic (exact) mass is 361 g/mol. The Labute approximate surface area is 157 Å². The van der Waals surface area contributed by atoms with Gasteiger partial charge in [-0.25, -0.2) is 0 Å². The molecule has 2 amide bonds. The van der Waals surface area contributed by atoms with Crippen LogP contribution in [0, 0.1) is 0 Å². The fraction of sp³-hybridized carbons (Fsp3) is 0.211. The summed E-state index contributed by atoms with van der Waals surface area (Å²) in [7, 11) is 0. The molecule has 0 aromatic heterocycles. The van der Waals surface area contributed by atoms with Crippen LogP contribution in [0.4, 0.5) is 0 Å². The summed E-state index contributed by atoms with van der Waals surface area (Å²) in [5, 5.41) is 23.0. The molecule has 0 bridgehead atoms. The van der Waals surface area contributed by atoms with E-state index in [9.17, 15) is 19.5 Å². The number of carbonyl (C=O) groups excluding carboxylic acids is 2. The maximum atomic E-state index is 12.8. The van der Waals surface area contributed by atoms with Crippen LogP contribution >= 0.6 is 0 Å². The summed E-state index contributed by atoms with van der Waals surface area (Å²) in [5.41, 5.74) is -0.122. The Hall–Kier alpha value is -3.35. The van der Waals surface area contributed by atoms with Crippen LogP contribution < -0.4 is 10.6 Å². The van der Waals surface area contributed by atoms with Crippen LogP contribution in [0.3, 0.4) is 0 Å². The number of hydrogen-bond acceptors (Lipinski definition) is 4. The lowest BCUT2D eigenvalue weighted by atomic mass is 10.0. The number of aliphatic carboxylic acids is 1. The van der Waals surface area contributed by atoms with E-state index in [4.69, 9.17) is 12.0 Å². The number of rotatable bonds is 7. The van der Waals surface area contributed by atoms with Crippen LogP contribution in [0.25, 0.3) is 0 Å². The number of amides is 2. The number of carbonyl (C=O) groups is 3. The van der Waals surface area contributed by atoms with E-state index in [0.717, 1.165) is 0 Å². The van der Waals surface area contributed by atoms with E-state index in [0.29, 0.717) is 5.56 Å². The molecule has 0 radical (unpaired) electrons. The number of aromatic hydroxyl groups is 1. The van der Waals surface area contributed by atoms with Gasteiger partial charge >= 0.3 is 5.97 Å². The zero-order valence-electron chi connectivity index (χ0n) is 18.8. The van der Waals surface area contributed by atoms with E-state index < -0.39 is 65.6 Å². The number of nitrogens with one attached hydrogen (secondary N) is 2. The van der Waals surface area contributed by atoms with Crippen LogP contribution in [0.2, 0.25) is 0 Å². The Morgan fingerprint density at radius 1 is 1.08 bits per heavy atom. The largest absolute Gasteiger partial charge is 0.508 e. The third kappa shape index (κ3) is 5.34. The minimum Gasteiger partial charge on any atom is -0.508 e. The molecule has 0 spiro atoms. The lowest BCUT2D eigenvalue weighted by molar-refractivity contribution is -0.141. The first-order chi connectivity index (χ1) is 14.4. The summed E-state index contributed by atoms with van der Waals surface area (Å²) >= 11 is 0. The smallest absolute Gasteiger partial charge is 0.325 e. The molecule has 7 nitrogen and oxygen atoms in total. The zero-order valence-corrected chi connectivity index (χ0v) is 13.8. The van der Waals surface area contributed by atoms with Gasteiger partial charge < -0.3 is 20.8 Å². The van der Waals surface area contributed by atoms with Gasteiger partial charge in [0.25, 0.3) is 5.91 Å². The molecule has 2 atom stereocenters. The normalized spacial score (nSPS) is 15.3. The summed E-state index contributed by atoms with van der Waals surface area (Å²) in [6.07, 6.45) is -0.108. The lowest BCUT2D eigenvalue weighted by Crippen LogP contribution is -2.51. The first-order valence-electron chi connectivity index (χ1n) is 10.1. The molecule has 0 heterocycles. The van der Waals surface area contributed by atoms with Crippen molar-refractivity contribution in [1.29, 1.82) is 0 Å². The van der Waals surface area contributed by atoms with E-state index in [1.54, 1.807) is 0 Å². The topological polar surface area (TPSA) is 116 Å². The van der Waals surface area contributed by atoms with Crippen molar-refractivity contribution in [2.45, 2.75) is 25.4 Å².